The highest BCUT2D eigenvalue weighted by atomic mass is 32.1. The predicted molar refractivity (Wildman–Crippen MR) is 140 cm³/mol. The number of furan rings is 1. The Bertz CT molecular complexity index is 1560. The van der Waals surface area contributed by atoms with Gasteiger partial charge in [-0.1, -0.05) is 6.92 Å². The summed E-state index contributed by atoms with van der Waals surface area (Å²) in [7, 11) is 2.28. The first-order chi connectivity index (χ1) is 17.1. The van der Waals surface area contributed by atoms with Crippen LogP contribution in [0, 0.1) is 0 Å². The van der Waals surface area contributed by atoms with Crippen LogP contribution in [0.1, 0.15) is 45.1 Å². The summed E-state index contributed by atoms with van der Waals surface area (Å²) in [5.74, 6) is 1.19. The topological polar surface area (TPSA) is 85.8 Å². The van der Waals surface area contributed by atoms with Gasteiger partial charge in [0.05, 0.1) is 16.9 Å². The van der Waals surface area contributed by atoms with Gasteiger partial charge in [-0.3, -0.25) is 14.6 Å². The first kappa shape index (κ1) is 21.1. The Morgan fingerprint density at radius 3 is 2.89 bits per heavy atom. The number of likely N-dealkylation sites (N-methyl/N-ethyl adjacent to an activating group) is 1. The Labute approximate surface area is 207 Å². The average Bonchev–Trinajstić information content (AvgIpc) is 3.35. The molecule has 0 amide bonds. The quantitative estimate of drug-likeness (QED) is 0.292. The smallest absolute Gasteiger partial charge is 0.177 e. The SMILES string of the molecule is CC[C@@H](C[C@@H]1N(C)C12CCC2)n1cc(-c2cnc(N)c3oc(-c4csc5cnccc45)cc23)cn1. The van der Waals surface area contributed by atoms with Crippen LogP contribution < -0.4 is 5.73 Å². The molecule has 8 heteroatoms. The molecular weight excluding hydrogens is 456 g/mol. The number of fused-ring (bicyclic) bond motifs is 2. The molecule has 7 nitrogen and oxygen atoms in total. The van der Waals surface area contributed by atoms with Crippen molar-refractivity contribution in [1.82, 2.24) is 24.6 Å². The van der Waals surface area contributed by atoms with E-state index in [-0.39, 0.29) is 0 Å². The van der Waals surface area contributed by atoms with E-state index in [0.717, 1.165) is 50.8 Å². The number of anilines is 1. The van der Waals surface area contributed by atoms with Gasteiger partial charge in [-0.25, -0.2) is 4.98 Å². The van der Waals surface area contributed by atoms with Gasteiger partial charge in [0.25, 0.3) is 0 Å². The second-order valence-electron chi connectivity index (χ2n) is 10.0. The number of aromatic nitrogens is 4. The maximum absolute atomic E-state index is 6.27. The van der Waals surface area contributed by atoms with Crippen molar-refractivity contribution in [2.45, 2.75) is 56.7 Å². The molecule has 1 spiro atoms. The molecule has 178 valence electrons. The molecule has 5 aromatic heterocycles. The second-order valence-corrected chi connectivity index (χ2v) is 10.9. The van der Waals surface area contributed by atoms with Crippen LogP contribution in [-0.4, -0.2) is 43.3 Å². The van der Waals surface area contributed by atoms with E-state index in [9.17, 15) is 0 Å². The molecule has 2 N–H and O–H groups in total. The number of rotatable bonds is 6. The molecule has 6 heterocycles. The number of nitrogen functional groups attached to an aromatic ring is 1. The Hall–Kier alpha value is -3.23. The fraction of sp³-hybridized carbons (Fsp3) is 0.370. The molecule has 0 aromatic carbocycles. The van der Waals surface area contributed by atoms with Gasteiger partial charge in [-0.05, 0) is 51.3 Å². The molecule has 0 radical (unpaired) electrons. The fourth-order valence-corrected chi connectivity index (χ4v) is 7.00. The van der Waals surface area contributed by atoms with Gasteiger partial charge in [0.15, 0.2) is 11.4 Å². The van der Waals surface area contributed by atoms with Gasteiger partial charge >= 0.3 is 0 Å². The lowest BCUT2D eigenvalue weighted by molar-refractivity contribution is 0.296. The molecule has 1 saturated carbocycles. The Kier molecular flexibility index (Phi) is 4.60. The van der Waals surface area contributed by atoms with E-state index in [1.54, 1.807) is 11.3 Å². The Morgan fingerprint density at radius 2 is 2.11 bits per heavy atom. The van der Waals surface area contributed by atoms with E-state index < -0.39 is 0 Å². The van der Waals surface area contributed by atoms with E-state index >= 15 is 0 Å². The highest BCUT2D eigenvalue weighted by Gasteiger charge is 2.63. The number of thiophene rings is 1. The van der Waals surface area contributed by atoms with Gasteiger partial charge in [0.1, 0.15) is 5.76 Å². The molecular formula is C27H28N6OS. The summed E-state index contributed by atoms with van der Waals surface area (Å²) in [5.41, 5.74) is 10.4. The van der Waals surface area contributed by atoms with Crippen LogP contribution in [-0.2, 0) is 0 Å². The minimum absolute atomic E-state index is 0.388. The summed E-state index contributed by atoms with van der Waals surface area (Å²) < 4.78 is 9.55. The predicted octanol–water partition coefficient (Wildman–Crippen LogP) is 6.13. The first-order valence-corrected chi connectivity index (χ1v) is 13.2. The van der Waals surface area contributed by atoms with Crippen LogP contribution in [0.5, 0.6) is 0 Å². The summed E-state index contributed by atoms with van der Waals surface area (Å²) in [4.78, 5) is 11.3. The molecule has 1 saturated heterocycles. The molecule has 2 fully saturated rings. The lowest BCUT2D eigenvalue weighted by Crippen LogP contribution is -2.28. The fourth-order valence-electron chi connectivity index (χ4n) is 6.08. The van der Waals surface area contributed by atoms with Crippen molar-refractivity contribution >= 4 is 38.2 Å². The highest BCUT2D eigenvalue weighted by Crippen LogP contribution is 2.56. The van der Waals surface area contributed by atoms with Crippen molar-refractivity contribution in [2.24, 2.45) is 0 Å². The molecule has 35 heavy (non-hydrogen) atoms. The van der Waals surface area contributed by atoms with Crippen molar-refractivity contribution in [3.8, 4) is 22.5 Å². The minimum Gasteiger partial charge on any atom is -0.452 e. The van der Waals surface area contributed by atoms with Gasteiger partial charge < -0.3 is 10.2 Å². The van der Waals surface area contributed by atoms with Gasteiger partial charge in [0.2, 0.25) is 0 Å². The highest BCUT2D eigenvalue weighted by molar-refractivity contribution is 7.17. The number of nitrogens with two attached hydrogens (primary N) is 1. The van der Waals surface area contributed by atoms with Gasteiger partial charge in [-0.15, -0.1) is 11.3 Å². The Morgan fingerprint density at radius 1 is 1.23 bits per heavy atom. The maximum atomic E-state index is 6.27. The van der Waals surface area contributed by atoms with Crippen molar-refractivity contribution in [3.05, 3.63) is 48.5 Å². The summed E-state index contributed by atoms with van der Waals surface area (Å²) in [6.07, 6.45) is 15.9. The van der Waals surface area contributed by atoms with Crippen molar-refractivity contribution in [3.63, 3.8) is 0 Å². The van der Waals surface area contributed by atoms with Crippen molar-refractivity contribution in [2.75, 3.05) is 12.8 Å². The molecule has 5 aromatic rings. The average molecular weight is 485 g/mol. The standard InChI is InChI=1S/C27H28N6OS/c1-3-17(9-24-27(32(24)2)6-4-7-27)33-14-16(11-31-33)20-12-30-26(28)25-19(20)10-22(34-25)21-15-35-23-13-29-8-5-18(21)23/h5,8,10-15,17,24H,3-4,6-7,9H2,1-2H3,(H2,28,30)/t17-,24-,32?/m0/s1. The van der Waals surface area contributed by atoms with E-state index in [1.165, 1.54) is 19.3 Å². The molecule has 0 bridgehead atoms. The van der Waals surface area contributed by atoms with Crippen molar-refractivity contribution < 1.29 is 4.42 Å². The zero-order chi connectivity index (χ0) is 23.7. The van der Waals surface area contributed by atoms with Gasteiger partial charge in [0, 0.05) is 69.2 Å². The first-order valence-electron chi connectivity index (χ1n) is 12.4. The Balaban J connectivity index is 1.24. The zero-order valence-electron chi connectivity index (χ0n) is 19.9. The molecule has 7 rings (SSSR count). The van der Waals surface area contributed by atoms with E-state index in [1.807, 2.05) is 30.9 Å². The van der Waals surface area contributed by atoms with Crippen LogP contribution >= 0.6 is 11.3 Å². The summed E-state index contributed by atoms with van der Waals surface area (Å²) >= 11 is 1.66. The second kappa shape index (κ2) is 7.63. The van der Waals surface area contributed by atoms with Crippen LogP contribution in [0.4, 0.5) is 5.82 Å². The third-order valence-corrected chi connectivity index (χ3v) is 9.36. The number of hydrogen-bond donors (Lipinski definition) is 1. The summed E-state index contributed by atoms with van der Waals surface area (Å²) in [5, 5.41) is 8.99. The third-order valence-electron chi connectivity index (χ3n) is 8.43. The van der Waals surface area contributed by atoms with E-state index in [2.05, 4.69) is 51.2 Å². The largest absolute Gasteiger partial charge is 0.452 e. The van der Waals surface area contributed by atoms with Crippen molar-refractivity contribution in [1.29, 1.82) is 0 Å². The summed E-state index contributed by atoms with van der Waals surface area (Å²) in [6, 6.07) is 5.18. The van der Waals surface area contributed by atoms with Crippen LogP contribution in [0.3, 0.4) is 0 Å². The van der Waals surface area contributed by atoms with Crippen LogP contribution in [0.2, 0.25) is 0 Å². The molecule has 3 atom stereocenters. The third kappa shape index (κ3) is 3.09. The monoisotopic (exact) mass is 484 g/mol. The van der Waals surface area contributed by atoms with E-state index in [4.69, 9.17) is 15.2 Å². The van der Waals surface area contributed by atoms with Crippen LogP contribution in [0.25, 0.3) is 43.5 Å². The maximum Gasteiger partial charge on any atom is 0.177 e. The number of hydrogen-bond acceptors (Lipinski definition) is 7. The lowest BCUT2D eigenvalue weighted by atomic mass is 9.80. The normalized spacial score (nSPS) is 21.5. The zero-order valence-corrected chi connectivity index (χ0v) is 20.8. The molecule has 2 aliphatic rings. The minimum atomic E-state index is 0.388. The number of nitrogens with zero attached hydrogens (tertiary/aromatic N) is 5. The summed E-state index contributed by atoms with van der Waals surface area (Å²) in [6.45, 7) is 2.26. The lowest BCUT2D eigenvalue weighted by Gasteiger charge is -2.26. The number of pyridine rings is 2. The van der Waals surface area contributed by atoms with E-state index in [0.29, 0.717) is 29.0 Å². The molecule has 1 unspecified atom stereocenters. The van der Waals surface area contributed by atoms with Gasteiger partial charge in [-0.2, -0.15) is 5.10 Å². The molecule has 1 aliphatic heterocycles. The van der Waals surface area contributed by atoms with Crippen LogP contribution in [0.15, 0.2) is 52.9 Å². The molecule has 1 aliphatic carbocycles.